The molecule has 2 aromatic rings. The van der Waals surface area contributed by atoms with Gasteiger partial charge in [-0.3, -0.25) is 9.48 Å². The van der Waals surface area contributed by atoms with Crippen LogP contribution in [0.1, 0.15) is 13.3 Å². The molecule has 0 saturated heterocycles. The minimum absolute atomic E-state index is 0.0567. The number of rotatable bonds is 8. The van der Waals surface area contributed by atoms with E-state index in [1.165, 1.54) is 0 Å². The van der Waals surface area contributed by atoms with Gasteiger partial charge in [0.25, 0.3) is 0 Å². The molecule has 0 aliphatic heterocycles. The predicted octanol–water partition coefficient (Wildman–Crippen LogP) is 2.58. The highest BCUT2D eigenvalue weighted by molar-refractivity contribution is 8.00. The van der Waals surface area contributed by atoms with Crippen molar-refractivity contribution in [2.75, 3.05) is 13.7 Å². The fraction of sp³-hybridized carbons (Fsp3) is 0.375. The number of hydrogen-bond acceptors (Lipinski definition) is 4. The van der Waals surface area contributed by atoms with Crippen molar-refractivity contribution in [3.63, 3.8) is 0 Å². The van der Waals surface area contributed by atoms with E-state index in [0.29, 0.717) is 6.54 Å². The van der Waals surface area contributed by atoms with Gasteiger partial charge in [-0.2, -0.15) is 5.10 Å². The van der Waals surface area contributed by atoms with E-state index >= 15 is 0 Å². The molecule has 0 saturated carbocycles. The molecule has 1 N–H and O–H groups in total. The van der Waals surface area contributed by atoms with Crippen LogP contribution in [-0.2, 0) is 11.3 Å². The molecular formula is C16H21N3O2S. The Morgan fingerprint density at radius 1 is 1.41 bits per heavy atom. The number of hydrogen-bond donors (Lipinski definition) is 1. The zero-order valence-electron chi connectivity index (χ0n) is 12.9. The molecule has 1 amide bonds. The summed E-state index contributed by atoms with van der Waals surface area (Å²) in [5, 5.41) is 6.96. The Balaban J connectivity index is 1.69. The molecule has 22 heavy (non-hydrogen) atoms. The largest absolute Gasteiger partial charge is 0.497 e. The number of thioether (sulfide) groups is 1. The van der Waals surface area contributed by atoms with Crippen molar-refractivity contribution in [2.45, 2.75) is 30.0 Å². The highest BCUT2D eigenvalue weighted by atomic mass is 32.2. The average molecular weight is 319 g/mol. The molecular weight excluding hydrogens is 298 g/mol. The second-order valence-corrected chi connectivity index (χ2v) is 6.26. The monoisotopic (exact) mass is 319 g/mol. The first-order valence-electron chi connectivity index (χ1n) is 7.25. The Morgan fingerprint density at radius 3 is 2.82 bits per heavy atom. The highest BCUT2D eigenvalue weighted by Crippen LogP contribution is 2.25. The van der Waals surface area contributed by atoms with Crippen molar-refractivity contribution in [3.05, 3.63) is 42.7 Å². The Hall–Kier alpha value is -1.95. The van der Waals surface area contributed by atoms with Crippen LogP contribution in [0.25, 0.3) is 0 Å². The summed E-state index contributed by atoms with van der Waals surface area (Å²) >= 11 is 1.54. The lowest BCUT2D eigenvalue weighted by Gasteiger charge is -2.12. The molecule has 1 aromatic carbocycles. The van der Waals surface area contributed by atoms with Crippen LogP contribution in [0, 0.1) is 0 Å². The zero-order chi connectivity index (χ0) is 15.8. The van der Waals surface area contributed by atoms with E-state index in [0.717, 1.165) is 23.6 Å². The van der Waals surface area contributed by atoms with E-state index in [2.05, 4.69) is 10.4 Å². The van der Waals surface area contributed by atoms with Gasteiger partial charge in [0.1, 0.15) is 5.75 Å². The van der Waals surface area contributed by atoms with Gasteiger partial charge in [0.2, 0.25) is 5.91 Å². The Labute approximate surface area is 135 Å². The van der Waals surface area contributed by atoms with Crippen molar-refractivity contribution in [2.24, 2.45) is 0 Å². The fourth-order valence-corrected chi connectivity index (χ4v) is 2.83. The van der Waals surface area contributed by atoms with Gasteiger partial charge in [-0.05, 0) is 43.7 Å². The zero-order valence-corrected chi connectivity index (χ0v) is 13.7. The third-order valence-electron chi connectivity index (χ3n) is 3.16. The summed E-state index contributed by atoms with van der Waals surface area (Å²) < 4.78 is 6.98. The summed E-state index contributed by atoms with van der Waals surface area (Å²) in [6.45, 7) is 3.39. The van der Waals surface area contributed by atoms with E-state index < -0.39 is 0 Å². The molecule has 1 heterocycles. The summed E-state index contributed by atoms with van der Waals surface area (Å²) in [6.07, 6.45) is 4.55. The second-order valence-electron chi connectivity index (χ2n) is 4.85. The molecule has 0 aliphatic rings. The van der Waals surface area contributed by atoms with Gasteiger partial charge in [0, 0.05) is 30.4 Å². The lowest BCUT2D eigenvalue weighted by atomic mass is 10.3. The normalized spacial score (nSPS) is 11.9. The van der Waals surface area contributed by atoms with Crippen molar-refractivity contribution < 1.29 is 9.53 Å². The number of carbonyl (C=O) groups is 1. The van der Waals surface area contributed by atoms with Gasteiger partial charge in [-0.25, -0.2) is 0 Å². The molecule has 5 nitrogen and oxygen atoms in total. The number of methoxy groups -OCH3 is 1. The lowest BCUT2D eigenvalue weighted by Crippen LogP contribution is -2.32. The number of nitrogens with zero attached hydrogens (tertiary/aromatic N) is 2. The number of nitrogens with one attached hydrogen (secondary N) is 1. The van der Waals surface area contributed by atoms with Gasteiger partial charge in [-0.15, -0.1) is 11.8 Å². The Morgan fingerprint density at radius 2 is 2.18 bits per heavy atom. The van der Waals surface area contributed by atoms with Crippen molar-refractivity contribution in [3.8, 4) is 5.75 Å². The molecule has 1 aromatic heterocycles. The lowest BCUT2D eigenvalue weighted by molar-refractivity contribution is -0.120. The molecule has 0 unspecified atom stereocenters. The first kappa shape index (κ1) is 16.4. The van der Waals surface area contributed by atoms with Crippen LogP contribution in [0.4, 0.5) is 0 Å². The first-order chi connectivity index (χ1) is 10.7. The Kier molecular flexibility index (Phi) is 6.33. The first-order valence-corrected chi connectivity index (χ1v) is 8.13. The minimum atomic E-state index is -0.127. The maximum atomic E-state index is 12.1. The van der Waals surface area contributed by atoms with E-state index in [4.69, 9.17) is 4.74 Å². The summed E-state index contributed by atoms with van der Waals surface area (Å²) in [7, 11) is 1.64. The predicted molar refractivity (Wildman–Crippen MR) is 88.2 cm³/mol. The molecule has 1 atom stereocenters. The van der Waals surface area contributed by atoms with Gasteiger partial charge in [0.05, 0.1) is 12.4 Å². The standard InChI is InChI=1S/C16H21N3O2S/c1-13(22-15-7-5-14(21-2)6-8-15)16(20)17-9-3-11-19-12-4-10-18-19/h4-8,10,12-13H,3,9,11H2,1-2H3,(H,17,20)/t13-/m1/s1. The third-order valence-corrected chi connectivity index (χ3v) is 4.28. The number of amides is 1. The van der Waals surface area contributed by atoms with Gasteiger partial charge < -0.3 is 10.1 Å². The van der Waals surface area contributed by atoms with Crippen LogP contribution in [0.5, 0.6) is 5.75 Å². The van der Waals surface area contributed by atoms with E-state index in [-0.39, 0.29) is 11.2 Å². The van der Waals surface area contributed by atoms with E-state index in [1.807, 2.05) is 48.1 Å². The summed E-state index contributed by atoms with van der Waals surface area (Å²) in [4.78, 5) is 13.1. The minimum Gasteiger partial charge on any atom is -0.497 e. The molecule has 0 radical (unpaired) electrons. The topological polar surface area (TPSA) is 56.1 Å². The number of aryl methyl sites for hydroxylation is 1. The average Bonchev–Trinajstić information content (AvgIpc) is 3.05. The molecule has 2 rings (SSSR count). The van der Waals surface area contributed by atoms with E-state index in [9.17, 15) is 4.79 Å². The Bertz CT molecular complexity index is 570. The van der Waals surface area contributed by atoms with Crippen LogP contribution < -0.4 is 10.1 Å². The van der Waals surface area contributed by atoms with Gasteiger partial charge in [0.15, 0.2) is 0 Å². The maximum absolute atomic E-state index is 12.1. The van der Waals surface area contributed by atoms with Crippen molar-refractivity contribution >= 4 is 17.7 Å². The number of benzene rings is 1. The third kappa shape index (κ3) is 5.11. The molecule has 0 spiro atoms. The van der Waals surface area contributed by atoms with Gasteiger partial charge >= 0.3 is 0 Å². The van der Waals surface area contributed by atoms with Crippen LogP contribution in [0.15, 0.2) is 47.6 Å². The van der Waals surface area contributed by atoms with Crippen LogP contribution >= 0.6 is 11.8 Å². The summed E-state index contributed by atoms with van der Waals surface area (Å²) in [5.74, 6) is 0.876. The quantitative estimate of drug-likeness (QED) is 0.600. The molecule has 0 aliphatic carbocycles. The number of carbonyl (C=O) groups excluding carboxylic acids is 1. The van der Waals surface area contributed by atoms with Gasteiger partial charge in [-0.1, -0.05) is 0 Å². The number of aromatic nitrogens is 2. The molecule has 118 valence electrons. The smallest absolute Gasteiger partial charge is 0.233 e. The fourth-order valence-electron chi connectivity index (χ4n) is 1.94. The van der Waals surface area contributed by atoms with Crippen LogP contribution in [0.3, 0.4) is 0 Å². The van der Waals surface area contributed by atoms with Crippen molar-refractivity contribution in [1.29, 1.82) is 0 Å². The van der Waals surface area contributed by atoms with Crippen molar-refractivity contribution in [1.82, 2.24) is 15.1 Å². The summed E-state index contributed by atoms with van der Waals surface area (Å²) in [6, 6.07) is 9.62. The van der Waals surface area contributed by atoms with Crippen LogP contribution in [0.2, 0.25) is 0 Å². The van der Waals surface area contributed by atoms with Crippen LogP contribution in [-0.4, -0.2) is 34.6 Å². The second kappa shape index (κ2) is 8.48. The molecule has 0 bridgehead atoms. The summed E-state index contributed by atoms with van der Waals surface area (Å²) in [5.41, 5.74) is 0. The molecule has 0 fully saturated rings. The molecule has 6 heteroatoms. The number of ether oxygens (including phenoxy) is 1. The maximum Gasteiger partial charge on any atom is 0.233 e. The van der Waals surface area contributed by atoms with E-state index in [1.54, 1.807) is 25.1 Å². The SMILES string of the molecule is COc1ccc(S[C@H](C)C(=O)NCCCn2cccn2)cc1. The highest BCUT2D eigenvalue weighted by Gasteiger charge is 2.13.